The fourth-order valence-corrected chi connectivity index (χ4v) is 7.22. The number of methoxy groups -OCH3 is 1. The van der Waals surface area contributed by atoms with Gasteiger partial charge in [-0.2, -0.15) is 0 Å². The maximum Gasteiger partial charge on any atom is 0.330 e. The molecule has 0 spiro atoms. The summed E-state index contributed by atoms with van der Waals surface area (Å²) in [4.78, 5) is 28.0. The molecule has 10 heteroatoms. The molecule has 244 valence electrons. The van der Waals surface area contributed by atoms with Gasteiger partial charge in [0, 0.05) is 11.8 Å². The molecule has 5 rings (SSSR count). The number of nitrogens with one attached hydrogen (secondary N) is 2. The summed E-state index contributed by atoms with van der Waals surface area (Å²) in [7, 11) is -0.863. The molecular formula is C36H45N3O6Si. The van der Waals surface area contributed by atoms with Crippen LogP contribution in [0.15, 0.2) is 101 Å². The number of aliphatic hydroxyl groups excluding tert-OH is 1. The molecule has 1 fully saturated rings. The monoisotopic (exact) mass is 643 g/mol. The Morgan fingerprint density at radius 2 is 1.46 bits per heavy atom. The highest BCUT2D eigenvalue weighted by atomic mass is 28.4. The van der Waals surface area contributed by atoms with Crippen LogP contribution in [0.2, 0.25) is 18.1 Å². The average Bonchev–Trinajstić information content (AvgIpc) is 3.37. The lowest BCUT2D eigenvalue weighted by Gasteiger charge is -2.44. The van der Waals surface area contributed by atoms with Crippen LogP contribution in [0.5, 0.6) is 5.75 Å². The summed E-state index contributed by atoms with van der Waals surface area (Å²) in [5.74, 6) is 0.725. The average molecular weight is 644 g/mol. The first-order chi connectivity index (χ1) is 21.8. The van der Waals surface area contributed by atoms with E-state index in [1.807, 2.05) is 60.7 Å². The van der Waals surface area contributed by atoms with Crippen molar-refractivity contribution in [1.29, 1.82) is 0 Å². The third-order valence-corrected chi connectivity index (χ3v) is 14.0. The number of aromatic amines is 1. The van der Waals surface area contributed by atoms with Crippen molar-refractivity contribution in [2.45, 2.75) is 75.8 Å². The molecule has 1 aliphatic rings. The van der Waals surface area contributed by atoms with E-state index in [0.29, 0.717) is 5.56 Å². The summed E-state index contributed by atoms with van der Waals surface area (Å²) in [6.07, 6.45) is -0.891. The van der Waals surface area contributed by atoms with Crippen molar-refractivity contribution in [2.24, 2.45) is 0 Å². The fourth-order valence-electron chi connectivity index (χ4n) is 5.93. The Bertz CT molecular complexity index is 1690. The van der Waals surface area contributed by atoms with Gasteiger partial charge in [-0.1, -0.05) is 93.6 Å². The highest BCUT2D eigenvalue weighted by molar-refractivity contribution is 6.74. The van der Waals surface area contributed by atoms with Gasteiger partial charge in [0.1, 0.15) is 18.0 Å². The number of hydrogen-bond acceptors (Lipinski definition) is 7. The van der Waals surface area contributed by atoms with E-state index in [0.717, 1.165) is 22.4 Å². The summed E-state index contributed by atoms with van der Waals surface area (Å²) < 4.78 is 20.6. The van der Waals surface area contributed by atoms with Crippen LogP contribution in [0.4, 0.5) is 0 Å². The lowest BCUT2D eigenvalue weighted by Crippen LogP contribution is -2.59. The van der Waals surface area contributed by atoms with Gasteiger partial charge in [0.2, 0.25) is 0 Å². The smallest absolute Gasteiger partial charge is 0.330 e. The van der Waals surface area contributed by atoms with Gasteiger partial charge in [-0.05, 0) is 53.9 Å². The van der Waals surface area contributed by atoms with Crippen molar-refractivity contribution < 1.29 is 19.0 Å². The molecule has 46 heavy (non-hydrogen) atoms. The van der Waals surface area contributed by atoms with E-state index >= 15 is 0 Å². The quantitative estimate of drug-likeness (QED) is 0.163. The Hall–Kier alpha value is -3.80. The number of aromatic nitrogens is 2. The SMILES string of the molecule is COc1ccc(C(N[C@H]2[C@@H](O[Si](C)(C)C(C)(C)C)[C@H](n3cc(C)c(=O)[nH]c3=O)O[C@@H]2CO)(c2ccccc2)c2ccccc2)cc1. The second kappa shape index (κ2) is 13.1. The van der Waals surface area contributed by atoms with Crippen LogP contribution in [-0.2, 0) is 14.7 Å². The summed E-state index contributed by atoms with van der Waals surface area (Å²) in [5.41, 5.74) is 1.24. The fraction of sp³-hybridized carbons (Fsp3) is 0.389. The van der Waals surface area contributed by atoms with Crippen molar-refractivity contribution in [1.82, 2.24) is 14.9 Å². The van der Waals surface area contributed by atoms with Gasteiger partial charge in [-0.15, -0.1) is 0 Å². The number of benzene rings is 3. The van der Waals surface area contributed by atoms with Crippen LogP contribution in [0, 0.1) is 6.92 Å². The first kappa shape index (κ1) is 33.6. The largest absolute Gasteiger partial charge is 0.497 e. The second-order valence-corrected chi connectivity index (χ2v) is 18.2. The van der Waals surface area contributed by atoms with Crippen molar-refractivity contribution in [3.63, 3.8) is 0 Å². The van der Waals surface area contributed by atoms with E-state index in [4.69, 9.17) is 13.9 Å². The molecule has 4 atom stereocenters. The number of hydrogen-bond donors (Lipinski definition) is 3. The van der Waals surface area contributed by atoms with E-state index < -0.39 is 49.6 Å². The molecule has 1 aromatic heterocycles. The maximum absolute atomic E-state index is 13.3. The second-order valence-electron chi connectivity index (χ2n) is 13.4. The Balaban J connectivity index is 1.76. The van der Waals surface area contributed by atoms with E-state index in [9.17, 15) is 14.7 Å². The molecule has 0 radical (unpaired) electrons. The highest BCUT2D eigenvalue weighted by Crippen LogP contribution is 2.44. The summed E-state index contributed by atoms with van der Waals surface area (Å²) >= 11 is 0. The predicted octanol–water partition coefficient (Wildman–Crippen LogP) is 5.08. The lowest BCUT2D eigenvalue weighted by molar-refractivity contribution is -0.0509. The number of aliphatic hydroxyl groups is 1. The molecule has 0 saturated carbocycles. The van der Waals surface area contributed by atoms with Crippen LogP contribution in [0.25, 0.3) is 0 Å². The summed E-state index contributed by atoms with van der Waals surface area (Å²) in [6.45, 7) is 12.1. The molecule has 0 aliphatic carbocycles. The lowest BCUT2D eigenvalue weighted by atomic mass is 9.76. The van der Waals surface area contributed by atoms with Gasteiger partial charge in [-0.3, -0.25) is 19.7 Å². The molecule has 9 nitrogen and oxygen atoms in total. The van der Waals surface area contributed by atoms with E-state index in [1.54, 1.807) is 14.0 Å². The molecule has 0 unspecified atom stereocenters. The molecule has 0 amide bonds. The normalized spacial score (nSPS) is 20.5. The summed E-state index contributed by atoms with van der Waals surface area (Å²) in [5, 5.41) is 14.7. The third kappa shape index (κ3) is 6.28. The molecule has 1 aliphatic heterocycles. The van der Waals surface area contributed by atoms with Crippen LogP contribution in [0.1, 0.15) is 49.3 Å². The van der Waals surface area contributed by atoms with Gasteiger partial charge in [0.15, 0.2) is 14.5 Å². The van der Waals surface area contributed by atoms with Crippen molar-refractivity contribution >= 4 is 8.32 Å². The van der Waals surface area contributed by atoms with Crippen LogP contribution >= 0.6 is 0 Å². The van der Waals surface area contributed by atoms with Crippen molar-refractivity contribution in [3.8, 4) is 5.75 Å². The minimum atomic E-state index is -2.50. The van der Waals surface area contributed by atoms with E-state index in [2.05, 4.69) is 68.4 Å². The number of nitrogens with zero attached hydrogens (tertiary/aromatic N) is 1. The number of ether oxygens (including phenoxy) is 2. The van der Waals surface area contributed by atoms with E-state index in [1.165, 1.54) is 10.8 Å². The predicted molar refractivity (Wildman–Crippen MR) is 182 cm³/mol. The van der Waals surface area contributed by atoms with Gasteiger partial charge in [-0.25, -0.2) is 4.79 Å². The standard InChI is InChI=1S/C36H45N3O6Si/c1-24-22-39(34(42)37-32(24)41)33-31(45-46(6,7)35(2,3)4)30(29(23-40)44-33)38-36(25-14-10-8-11-15-25,26-16-12-9-13-17-26)27-18-20-28(43-5)21-19-27/h8-22,29-31,33,38,40H,23H2,1-7H3,(H,37,41,42)/t29-,30-,31-,33-/m1/s1. The van der Waals surface area contributed by atoms with Crippen LogP contribution < -0.4 is 21.3 Å². The molecular weight excluding hydrogens is 598 g/mol. The van der Waals surface area contributed by atoms with Gasteiger partial charge >= 0.3 is 5.69 Å². The van der Waals surface area contributed by atoms with Crippen molar-refractivity contribution in [3.05, 3.63) is 134 Å². The maximum atomic E-state index is 13.3. The van der Waals surface area contributed by atoms with Gasteiger partial charge < -0.3 is 19.0 Å². The minimum absolute atomic E-state index is 0.169. The first-order valence-electron chi connectivity index (χ1n) is 15.6. The summed E-state index contributed by atoms with van der Waals surface area (Å²) in [6, 6.07) is 27.6. The zero-order chi connectivity index (χ0) is 33.3. The van der Waals surface area contributed by atoms with E-state index in [-0.39, 0.29) is 11.6 Å². The zero-order valence-electron chi connectivity index (χ0n) is 27.6. The molecule has 3 aromatic carbocycles. The molecule has 0 bridgehead atoms. The number of rotatable bonds is 10. The number of H-pyrrole nitrogens is 1. The van der Waals surface area contributed by atoms with Crippen LogP contribution in [-0.4, -0.2) is 54.9 Å². The molecule has 2 heterocycles. The highest BCUT2D eigenvalue weighted by Gasteiger charge is 2.54. The van der Waals surface area contributed by atoms with Crippen LogP contribution in [0.3, 0.4) is 0 Å². The van der Waals surface area contributed by atoms with Gasteiger partial charge in [0.25, 0.3) is 5.56 Å². The number of aryl methyl sites for hydroxylation is 1. The molecule has 1 saturated heterocycles. The van der Waals surface area contributed by atoms with Crippen molar-refractivity contribution in [2.75, 3.05) is 13.7 Å². The Morgan fingerprint density at radius 1 is 0.913 bits per heavy atom. The topological polar surface area (TPSA) is 115 Å². The minimum Gasteiger partial charge on any atom is -0.497 e. The Kier molecular flexibility index (Phi) is 9.58. The van der Waals surface area contributed by atoms with Gasteiger partial charge in [0.05, 0.1) is 25.3 Å². The first-order valence-corrected chi connectivity index (χ1v) is 18.5. The zero-order valence-corrected chi connectivity index (χ0v) is 28.6. The Morgan fingerprint density at radius 3 is 1.96 bits per heavy atom. The molecule has 4 aromatic rings. The Labute approximate surface area is 271 Å². The molecule has 3 N–H and O–H groups in total. The third-order valence-electron chi connectivity index (χ3n) is 9.51.